The zero-order valence-corrected chi connectivity index (χ0v) is 16.7. The molecule has 0 heterocycles. The standard InChI is InChI=1S/C19H22ClN3O.2ClH/c20-16-12-15(23-18(24)19(21)10-4-5-11-19)8-9-17(16)22-13-14-6-2-1-3-7-14;;/h1-3,6-9,12,22H,4-5,10-11,13,21H2,(H,23,24);2*1H. The molecular weight excluding hydrogens is 393 g/mol. The van der Waals surface area contributed by atoms with Crippen LogP contribution in [0.4, 0.5) is 11.4 Å². The minimum Gasteiger partial charge on any atom is -0.380 e. The van der Waals surface area contributed by atoms with Gasteiger partial charge in [-0.05, 0) is 36.6 Å². The summed E-state index contributed by atoms with van der Waals surface area (Å²) in [6.45, 7) is 0.693. The number of nitrogens with two attached hydrogens (primary N) is 1. The van der Waals surface area contributed by atoms with E-state index < -0.39 is 5.54 Å². The second kappa shape index (κ2) is 10.0. The van der Waals surface area contributed by atoms with Crippen LogP contribution in [0.2, 0.25) is 5.02 Å². The lowest BCUT2D eigenvalue weighted by Gasteiger charge is -2.22. The number of hydrogen-bond acceptors (Lipinski definition) is 3. The van der Waals surface area contributed by atoms with Crippen LogP contribution >= 0.6 is 36.4 Å². The molecule has 0 saturated heterocycles. The fraction of sp³-hybridized carbons (Fsp3) is 0.316. The molecule has 4 nitrogen and oxygen atoms in total. The van der Waals surface area contributed by atoms with Gasteiger partial charge in [-0.1, -0.05) is 54.8 Å². The van der Waals surface area contributed by atoms with Gasteiger partial charge in [0.25, 0.3) is 0 Å². The first kappa shape index (κ1) is 22.6. The molecule has 3 rings (SSSR count). The van der Waals surface area contributed by atoms with Crippen molar-refractivity contribution in [3.8, 4) is 0 Å². The normalized spacial score (nSPS) is 14.7. The molecule has 1 aliphatic carbocycles. The number of carbonyl (C=O) groups is 1. The van der Waals surface area contributed by atoms with Gasteiger partial charge in [-0.3, -0.25) is 4.79 Å². The second-order valence-electron chi connectivity index (χ2n) is 6.35. The van der Waals surface area contributed by atoms with E-state index in [4.69, 9.17) is 17.3 Å². The highest BCUT2D eigenvalue weighted by molar-refractivity contribution is 6.33. The van der Waals surface area contributed by atoms with Crippen LogP contribution in [-0.2, 0) is 11.3 Å². The van der Waals surface area contributed by atoms with E-state index in [-0.39, 0.29) is 30.7 Å². The quantitative estimate of drug-likeness (QED) is 0.642. The van der Waals surface area contributed by atoms with Crippen molar-refractivity contribution in [2.75, 3.05) is 10.6 Å². The fourth-order valence-electron chi connectivity index (χ4n) is 3.02. The summed E-state index contributed by atoms with van der Waals surface area (Å²) in [7, 11) is 0. The first-order valence-corrected chi connectivity index (χ1v) is 8.62. The summed E-state index contributed by atoms with van der Waals surface area (Å²) in [5, 5.41) is 6.76. The van der Waals surface area contributed by atoms with Crippen LogP contribution in [-0.4, -0.2) is 11.4 Å². The summed E-state index contributed by atoms with van der Waals surface area (Å²) < 4.78 is 0. The third-order valence-corrected chi connectivity index (χ3v) is 4.81. The van der Waals surface area contributed by atoms with Crippen molar-refractivity contribution in [3.05, 3.63) is 59.1 Å². The Morgan fingerprint density at radius 1 is 1.08 bits per heavy atom. The summed E-state index contributed by atoms with van der Waals surface area (Å²) in [6.07, 6.45) is 3.49. The highest BCUT2D eigenvalue weighted by Gasteiger charge is 2.36. The molecule has 2 aromatic rings. The number of halogens is 3. The summed E-state index contributed by atoms with van der Waals surface area (Å²) >= 11 is 6.33. The minimum atomic E-state index is -0.739. The van der Waals surface area contributed by atoms with Gasteiger partial charge in [-0.25, -0.2) is 0 Å². The molecule has 0 aromatic heterocycles. The van der Waals surface area contributed by atoms with E-state index in [1.807, 2.05) is 30.3 Å². The maximum absolute atomic E-state index is 12.3. The Balaban J connectivity index is 0.00000169. The molecule has 7 heteroatoms. The Hall–Kier alpha value is -1.46. The molecule has 2 aromatic carbocycles. The zero-order chi connectivity index (χ0) is 17.0. The summed E-state index contributed by atoms with van der Waals surface area (Å²) in [5.74, 6) is -0.124. The van der Waals surface area contributed by atoms with E-state index in [9.17, 15) is 4.79 Å². The molecule has 0 aliphatic heterocycles. The third kappa shape index (κ3) is 5.52. The van der Waals surface area contributed by atoms with Crippen LogP contribution in [0.1, 0.15) is 31.2 Å². The largest absolute Gasteiger partial charge is 0.380 e. The van der Waals surface area contributed by atoms with Gasteiger partial charge in [0.1, 0.15) is 0 Å². The molecule has 1 saturated carbocycles. The first-order valence-electron chi connectivity index (χ1n) is 8.24. The topological polar surface area (TPSA) is 67.2 Å². The Morgan fingerprint density at radius 3 is 2.35 bits per heavy atom. The predicted molar refractivity (Wildman–Crippen MR) is 114 cm³/mol. The van der Waals surface area contributed by atoms with Crippen LogP contribution < -0.4 is 16.4 Å². The molecule has 0 unspecified atom stereocenters. The fourth-order valence-corrected chi connectivity index (χ4v) is 3.27. The maximum atomic E-state index is 12.3. The number of benzene rings is 2. The van der Waals surface area contributed by atoms with Crippen LogP contribution in [0.15, 0.2) is 48.5 Å². The van der Waals surface area contributed by atoms with Gasteiger partial charge in [0.15, 0.2) is 0 Å². The molecule has 0 radical (unpaired) electrons. The second-order valence-corrected chi connectivity index (χ2v) is 6.76. The minimum absolute atomic E-state index is 0. The third-order valence-electron chi connectivity index (χ3n) is 4.50. The number of carbonyl (C=O) groups excluding carboxylic acids is 1. The van der Waals surface area contributed by atoms with E-state index in [0.717, 1.165) is 31.4 Å². The van der Waals surface area contributed by atoms with Crippen molar-refractivity contribution in [3.63, 3.8) is 0 Å². The Morgan fingerprint density at radius 2 is 1.73 bits per heavy atom. The SMILES string of the molecule is Cl.Cl.NC1(C(=O)Nc2ccc(NCc3ccccc3)c(Cl)c2)CCCC1. The molecule has 142 valence electrons. The monoisotopic (exact) mass is 415 g/mol. The maximum Gasteiger partial charge on any atom is 0.244 e. The van der Waals surface area contributed by atoms with E-state index in [0.29, 0.717) is 17.3 Å². The van der Waals surface area contributed by atoms with Gasteiger partial charge in [0.05, 0.1) is 16.2 Å². The van der Waals surface area contributed by atoms with Gasteiger partial charge in [0.2, 0.25) is 5.91 Å². The molecule has 26 heavy (non-hydrogen) atoms. The lowest BCUT2D eigenvalue weighted by Crippen LogP contribution is -2.48. The average Bonchev–Trinajstić information content (AvgIpc) is 3.03. The molecular formula is C19H24Cl3N3O. The Kier molecular flexibility index (Phi) is 8.71. The average molecular weight is 417 g/mol. The number of rotatable bonds is 5. The van der Waals surface area contributed by atoms with Crippen molar-refractivity contribution < 1.29 is 4.79 Å². The van der Waals surface area contributed by atoms with E-state index >= 15 is 0 Å². The number of hydrogen-bond donors (Lipinski definition) is 3. The molecule has 1 aliphatic rings. The number of anilines is 2. The molecule has 0 atom stereocenters. The Labute approximate surface area is 171 Å². The Bertz CT molecular complexity index is 719. The van der Waals surface area contributed by atoms with Crippen molar-refractivity contribution in [2.24, 2.45) is 5.73 Å². The number of amides is 1. The summed E-state index contributed by atoms with van der Waals surface area (Å²) in [5.41, 5.74) is 8.12. The highest BCUT2D eigenvalue weighted by Crippen LogP contribution is 2.30. The van der Waals surface area contributed by atoms with Crippen molar-refractivity contribution in [2.45, 2.75) is 37.8 Å². The van der Waals surface area contributed by atoms with Crippen LogP contribution in [0.3, 0.4) is 0 Å². The molecule has 1 fully saturated rings. The van der Waals surface area contributed by atoms with Crippen LogP contribution in [0, 0.1) is 0 Å². The van der Waals surface area contributed by atoms with Crippen molar-refractivity contribution >= 4 is 53.7 Å². The van der Waals surface area contributed by atoms with Crippen molar-refractivity contribution in [1.82, 2.24) is 0 Å². The number of nitrogens with one attached hydrogen (secondary N) is 2. The van der Waals surface area contributed by atoms with Gasteiger partial charge in [0, 0.05) is 12.2 Å². The molecule has 4 N–H and O–H groups in total. The van der Waals surface area contributed by atoms with Gasteiger partial charge >= 0.3 is 0 Å². The molecule has 0 spiro atoms. The van der Waals surface area contributed by atoms with E-state index in [1.54, 1.807) is 6.07 Å². The lowest BCUT2D eigenvalue weighted by molar-refractivity contribution is -0.121. The van der Waals surface area contributed by atoms with Crippen molar-refractivity contribution in [1.29, 1.82) is 0 Å². The summed E-state index contributed by atoms with van der Waals surface area (Å²) in [6, 6.07) is 15.6. The lowest BCUT2D eigenvalue weighted by atomic mass is 9.98. The van der Waals surface area contributed by atoms with Gasteiger partial charge < -0.3 is 16.4 Å². The van der Waals surface area contributed by atoms with Crippen LogP contribution in [0.25, 0.3) is 0 Å². The zero-order valence-electron chi connectivity index (χ0n) is 14.3. The van der Waals surface area contributed by atoms with Gasteiger partial charge in [-0.15, -0.1) is 24.8 Å². The van der Waals surface area contributed by atoms with Crippen LogP contribution in [0.5, 0.6) is 0 Å². The predicted octanol–water partition coefficient (Wildman–Crippen LogP) is 5.01. The first-order chi connectivity index (χ1) is 11.6. The molecule has 0 bridgehead atoms. The van der Waals surface area contributed by atoms with Gasteiger partial charge in [-0.2, -0.15) is 0 Å². The molecule has 1 amide bonds. The summed E-state index contributed by atoms with van der Waals surface area (Å²) in [4.78, 5) is 12.3. The smallest absolute Gasteiger partial charge is 0.244 e. The van der Waals surface area contributed by atoms with E-state index in [2.05, 4.69) is 22.8 Å². The highest BCUT2D eigenvalue weighted by atomic mass is 35.5. The van der Waals surface area contributed by atoms with E-state index in [1.165, 1.54) is 5.56 Å².